The van der Waals surface area contributed by atoms with Crippen molar-refractivity contribution >= 4 is 27.3 Å². The molecule has 0 amide bonds. The summed E-state index contributed by atoms with van der Waals surface area (Å²) in [5, 5.41) is 0.369. The van der Waals surface area contributed by atoms with Gasteiger partial charge in [-0.05, 0) is 56.2 Å². The average molecular weight is 315 g/mol. The number of nitrogens with zero attached hydrogens (tertiary/aromatic N) is 1. The molecule has 20 heavy (non-hydrogen) atoms. The Labute approximate surface area is 125 Å². The summed E-state index contributed by atoms with van der Waals surface area (Å²) in [6.07, 6.45) is 4.19. The second-order valence-electron chi connectivity index (χ2n) is 5.87. The molecule has 2 aliphatic rings. The molecule has 4 nitrogen and oxygen atoms in total. The summed E-state index contributed by atoms with van der Waals surface area (Å²) in [6, 6.07) is 3.28. The summed E-state index contributed by atoms with van der Waals surface area (Å²) in [5.74, 6) is 0.530. The lowest BCUT2D eigenvalue weighted by molar-refractivity contribution is 0.388. The van der Waals surface area contributed by atoms with E-state index in [9.17, 15) is 8.42 Å². The van der Waals surface area contributed by atoms with Crippen LogP contribution in [0.15, 0.2) is 17.0 Å². The predicted octanol–water partition coefficient (Wildman–Crippen LogP) is 2.79. The SMILES string of the molecule is Cc1c(N)cc(Cl)cc1S(=O)(=O)N(CC1CC1)C1CC1. The van der Waals surface area contributed by atoms with Gasteiger partial charge in [0.15, 0.2) is 0 Å². The van der Waals surface area contributed by atoms with Crippen molar-refractivity contribution in [3.63, 3.8) is 0 Å². The molecule has 0 unspecified atom stereocenters. The molecule has 0 atom stereocenters. The molecule has 110 valence electrons. The fourth-order valence-corrected chi connectivity index (χ4v) is 4.76. The molecule has 3 rings (SSSR count). The van der Waals surface area contributed by atoms with E-state index in [-0.39, 0.29) is 10.9 Å². The lowest BCUT2D eigenvalue weighted by Crippen LogP contribution is -2.35. The van der Waals surface area contributed by atoms with Crippen LogP contribution in [0.5, 0.6) is 0 Å². The van der Waals surface area contributed by atoms with E-state index in [2.05, 4.69) is 0 Å². The highest BCUT2D eigenvalue weighted by Crippen LogP contribution is 2.39. The zero-order valence-electron chi connectivity index (χ0n) is 11.5. The lowest BCUT2D eigenvalue weighted by atomic mass is 10.2. The van der Waals surface area contributed by atoms with Crippen LogP contribution in [-0.2, 0) is 10.0 Å². The molecule has 2 N–H and O–H groups in total. The van der Waals surface area contributed by atoms with Crippen molar-refractivity contribution in [3.05, 3.63) is 22.7 Å². The average Bonchev–Trinajstić information content (AvgIpc) is 3.24. The molecule has 0 aliphatic heterocycles. The van der Waals surface area contributed by atoms with Crippen molar-refractivity contribution in [2.24, 2.45) is 5.92 Å². The minimum Gasteiger partial charge on any atom is -0.398 e. The number of nitrogens with two attached hydrogens (primary N) is 1. The van der Waals surface area contributed by atoms with Crippen molar-refractivity contribution < 1.29 is 8.42 Å². The van der Waals surface area contributed by atoms with Gasteiger partial charge in [-0.2, -0.15) is 4.31 Å². The Morgan fingerprint density at radius 3 is 2.50 bits per heavy atom. The molecule has 0 bridgehead atoms. The predicted molar refractivity (Wildman–Crippen MR) is 80.2 cm³/mol. The van der Waals surface area contributed by atoms with Crippen LogP contribution in [0.25, 0.3) is 0 Å². The maximum Gasteiger partial charge on any atom is 0.243 e. The Kier molecular flexibility index (Phi) is 3.47. The molecule has 0 saturated heterocycles. The topological polar surface area (TPSA) is 63.4 Å². The Hall–Kier alpha value is -0.780. The van der Waals surface area contributed by atoms with Crippen molar-refractivity contribution in [2.75, 3.05) is 12.3 Å². The molecule has 2 aliphatic carbocycles. The Morgan fingerprint density at radius 2 is 1.95 bits per heavy atom. The first kappa shape index (κ1) is 14.2. The van der Waals surface area contributed by atoms with E-state index < -0.39 is 10.0 Å². The number of benzene rings is 1. The minimum absolute atomic E-state index is 0.167. The van der Waals surface area contributed by atoms with Crippen molar-refractivity contribution in [1.82, 2.24) is 4.31 Å². The number of hydrogen-bond acceptors (Lipinski definition) is 3. The number of rotatable bonds is 5. The minimum atomic E-state index is -3.50. The van der Waals surface area contributed by atoms with Gasteiger partial charge in [0.05, 0.1) is 4.90 Å². The van der Waals surface area contributed by atoms with Crippen molar-refractivity contribution in [2.45, 2.75) is 43.5 Å². The van der Waals surface area contributed by atoms with Gasteiger partial charge in [0.2, 0.25) is 10.0 Å². The molecule has 0 aromatic heterocycles. The number of halogens is 1. The molecule has 0 spiro atoms. The Morgan fingerprint density at radius 1 is 1.30 bits per heavy atom. The third-order valence-electron chi connectivity index (χ3n) is 4.04. The second-order valence-corrected chi connectivity index (χ2v) is 8.16. The van der Waals surface area contributed by atoms with E-state index in [0.717, 1.165) is 25.7 Å². The normalized spacial score (nSPS) is 19.6. The van der Waals surface area contributed by atoms with Gasteiger partial charge in [-0.1, -0.05) is 11.6 Å². The first-order valence-electron chi connectivity index (χ1n) is 6.97. The van der Waals surface area contributed by atoms with E-state index in [1.54, 1.807) is 17.3 Å². The molecule has 0 radical (unpaired) electrons. The van der Waals surface area contributed by atoms with E-state index >= 15 is 0 Å². The quantitative estimate of drug-likeness (QED) is 0.850. The maximum atomic E-state index is 12.9. The highest BCUT2D eigenvalue weighted by Gasteiger charge is 2.41. The standard InChI is InChI=1S/C14H19ClN2O2S/c1-9-13(16)6-11(15)7-14(9)20(18,19)17(12-4-5-12)8-10-2-3-10/h6-7,10,12H,2-5,8,16H2,1H3. The first-order valence-corrected chi connectivity index (χ1v) is 8.79. The first-order chi connectivity index (χ1) is 9.39. The van der Waals surface area contributed by atoms with Crippen LogP contribution in [0, 0.1) is 12.8 Å². The van der Waals surface area contributed by atoms with Gasteiger partial charge in [0, 0.05) is 23.3 Å². The third-order valence-corrected chi connectivity index (χ3v) is 6.30. The summed E-state index contributed by atoms with van der Waals surface area (Å²) >= 11 is 5.98. The van der Waals surface area contributed by atoms with Gasteiger partial charge in [-0.25, -0.2) is 8.42 Å². The number of sulfonamides is 1. The van der Waals surface area contributed by atoms with Gasteiger partial charge >= 0.3 is 0 Å². The van der Waals surface area contributed by atoms with Crippen LogP contribution in [0.2, 0.25) is 5.02 Å². The summed E-state index contributed by atoms with van der Waals surface area (Å²) in [4.78, 5) is 0.259. The zero-order valence-corrected chi connectivity index (χ0v) is 13.0. The fraction of sp³-hybridized carbons (Fsp3) is 0.571. The van der Waals surface area contributed by atoms with Gasteiger partial charge in [0.25, 0.3) is 0 Å². The summed E-state index contributed by atoms with van der Waals surface area (Å²) in [6.45, 7) is 2.37. The highest BCUT2D eigenvalue weighted by molar-refractivity contribution is 7.89. The number of nitrogen functional groups attached to an aromatic ring is 1. The Bertz CT molecular complexity index is 637. The van der Waals surface area contributed by atoms with E-state index in [1.165, 1.54) is 6.07 Å². The largest absolute Gasteiger partial charge is 0.398 e. The highest BCUT2D eigenvalue weighted by atomic mass is 35.5. The molecule has 1 aromatic rings. The molecular weight excluding hydrogens is 296 g/mol. The number of anilines is 1. The van der Waals surface area contributed by atoms with Crippen LogP contribution >= 0.6 is 11.6 Å². The fourth-order valence-electron chi connectivity index (χ4n) is 2.43. The molecule has 1 aromatic carbocycles. The van der Waals surface area contributed by atoms with Crippen LogP contribution in [0.3, 0.4) is 0 Å². The third kappa shape index (κ3) is 2.67. The van der Waals surface area contributed by atoms with Crippen LogP contribution in [-0.4, -0.2) is 25.3 Å². The second kappa shape index (κ2) is 4.90. The van der Waals surface area contributed by atoms with Crippen molar-refractivity contribution in [1.29, 1.82) is 0 Å². The summed E-state index contributed by atoms with van der Waals surface area (Å²) in [5.41, 5.74) is 6.88. The van der Waals surface area contributed by atoms with Crippen LogP contribution < -0.4 is 5.73 Å². The van der Waals surface area contributed by atoms with Crippen LogP contribution in [0.4, 0.5) is 5.69 Å². The van der Waals surface area contributed by atoms with Gasteiger partial charge in [-0.15, -0.1) is 0 Å². The number of hydrogen-bond donors (Lipinski definition) is 1. The molecule has 0 heterocycles. The summed E-state index contributed by atoms with van der Waals surface area (Å²) in [7, 11) is -3.50. The summed E-state index contributed by atoms with van der Waals surface area (Å²) < 4.78 is 27.5. The lowest BCUT2D eigenvalue weighted by Gasteiger charge is -2.23. The Balaban J connectivity index is 2.01. The molecule has 2 fully saturated rings. The van der Waals surface area contributed by atoms with Gasteiger partial charge in [0.1, 0.15) is 0 Å². The monoisotopic (exact) mass is 314 g/mol. The van der Waals surface area contributed by atoms with Gasteiger partial charge < -0.3 is 5.73 Å². The molecule has 2 saturated carbocycles. The zero-order chi connectivity index (χ0) is 14.5. The van der Waals surface area contributed by atoms with Crippen molar-refractivity contribution in [3.8, 4) is 0 Å². The molecule has 6 heteroatoms. The van der Waals surface area contributed by atoms with E-state index in [0.29, 0.717) is 28.7 Å². The molecular formula is C14H19ClN2O2S. The smallest absolute Gasteiger partial charge is 0.243 e. The van der Waals surface area contributed by atoms with Crippen LogP contribution in [0.1, 0.15) is 31.2 Å². The maximum absolute atomic E-state index is 12.9. The van der Waals surface area contributed by atoms with E-state index in [1.807, 2.05) is 0 Å². The van der Waals surface area contributed by atoms with Gasteiger partial charge in [-0.3, -0.25) is 0 Å². The van der Waals surface area contributed by atoms with E-state index in [4.69, 9.17) is 17.3 Å².